The summed E-state index contributed by atoms with van der Waals surface area (Å²) in [5, 5.41) is 4.35. The smallest absolute Gasteiger partial charge is 0.281 e. The molecule has 0 aliphatic heterocycles. The van der Waals surface area contributed by atoms with Gasteiger partial charge in [0.2, 0.25) is 0 Å². The summed E-state index contributed by atoms with van der Waals surface area (Å²) in [5.41, 5.74) is 3.48. The van der Waals surface area contributed by atoms with Gasteiger partial charge in [-0.1, -0.05) is 36.4 Å². The number of rotatable bonds is 6. The van der Waals surface area contributed by atoms with Crippen LogP contribution < -0.4 is 9.47 Å². The van der Waals surface area contributed by atoms with Crippen molar-refractivity contribution in [1.82, 2.24) is 9.78 Å². The lowest BCUT2D eigenvalue weighted by Gasteiger charge is -2.09. The van der Waals surface area contributed by atoms with Gasteiger partial charge in [0.15, 0.2) is 0 Å². The molecule has 1 aliphatic rings. The summed E-state index contributed by atoms with van der Waals surface area (Å²) >= 11 is 0. The maximum absolute atomic E-state index is 12.8. The Bertz CT molecular complexity index is 1040. The highest BCUT2D eigenvalue weighted by atomic mass is 16.5. The second kappa shape index (κ2) is 7.96. The fourth-order valence-electron chi connectivity index (χ4n) is 2.67. The van der Waals surface area contributed by atoms with Crippen molar-refractivity contribution < 1.29 is 14.3 Å². The van der Waals surface area contributed by atoms with E-state index in [1.165, 1.54) is 17.4 Å². The Morgan fingerprint density at radius 1 is 1.07 bits per heavy atom. The van der Waals surface area contributed by atoms with Gasteiger partial charge in [0.25, 0.3) is 5.91 Å². The first-order chi connectivity index (χ1) is 13.7. The average molecular weight is 372 g/mol. The van der Waals surface area contributed by atoms with E-state index in [0.717, 1.165) is 18.4 Å². The van der Waals surface area contributed by atoms with Crippen LogP contribution >= 0.6 is 0 Å². The van der Waals surface area contributed by atoms with Gasteiger partial charge < -0.3 is 9.47 Å². The zero-order valence-electron chi connectivity index (χ0n) is 15.5. The number of hydrogen-bond acceptors (Lipinski definition) is 4. The van der Waals surface area contributed by atoms with Gasteiger partial charge in [0.1, 0.15) is 11.5 Å². The minimum absolute atomic E-state index is 0.261. The van der Waals surface area contributed by atoms with Gasteiger partial charge in [0.05, 0.1) is 24.6 Å². The summed E-state index contributed by atoms with van der Waals surface area (Å²) in [5.74, 6) is 0.830. The van der Waals surface area contributed by atoms with E-state index in [0.29, 0.717) is 22.8 Å². The Kier molecular flexibility index (Phi) is 5.06. The Morgan fingerprint density at radius 2 is 1.89 bits per heavy atom. The molecule has 0 radical (unpaired) electrons. The third kappa shape index (κ3) is 4.20. The molecule has 0 amide bonds. The second-order valence-electron chi connectivity index (χ2n) is 6.49. The van der Waals surface area contributed by atoms with Crippen LogP contribution in [0.2, 0.25) is 0 Å². The molecule has 0 spiro atoms. The van der Waals surface area contributed by atoms with Crippen molar-refractivity contribution in [3.8, 4) is 11.5 Å². The molecule has 4 rings (SSSR count). The Hall–Kier alpha value is -3.60. The number of aromatic nitrogens is 2. The van der Waals surface area contributed by atoms with Gasteiger partial charge >= 0.3 is 0 Å². The second-order valence-corrected chi connectivity index (χ2v) is 6.49. The van der Waals surface area contributed by atoms with Crippen LogP contribution in [-0.2, 0) is 0 Å². The minimum Gasteiger partial charge on any atom is -0.496 e. The van der Waals surface area contributed by atoms with E-state index in [-0.39, 0.29) is 5.91 Å². The molecule has 0 saturated heterocycles. The van der Waals surface area contributed by atoms with Crippen molar-refractivity contribution in [3.63, 3.8) is 0 Å². The summed E-state index contributed by atoms with van der Waals surface area (Å²) < 4.78 is 12.3. The van der Waals surface area contributed by atoms with Crippen LogP contribution in [0.15, 0.2) is 72.6 Å². The lowest BCUT2D eigenvalue weighted by Crippen LogP contribution is -2.14. The maximum Gasteiger partial charge on any atom is 0.281 e. The normalized spacial score (nSPS) is 12.8. The Balaban J connectivity index is 1.51. The average Bonchev–Trinajstić information content (AvgIpc) is 3.46. The molecule has 3 aromatic rings. The van der Waals surface area contributed by atoms with Gasteiger partial charge in [-0.05, 0) is 48.3 Å². The molecule has 0 bridgehead atoms. The van der Waals surface area contributed by atoms with Crippen molar-refractivity contribution in [2.75, 3.05) is 7.11 Å². The van der Waals surface area contributed by atoms with E-state index in [1.807, 2.05) is 42.5 Å². The molecule has 1 aromatic heterocycles. The minimum atomic E-state index is -0.261. The molecule has 0 N–H and O–H groups in total. The van der Waals surface area contributed by atoms with Crippen LogP contribution in [0.25, 0.3) is 12.2 Å². The first kappa shape index (κ1) is 17.8. The summed E-state index contributed by atoms with van der Waals surface area (Å²) in [6, 6.07) is 16.9. The van der Waals surface area contributed by atoms with Gasteiger partial charge in [-0.2, -0.15) is 5.10 Å². The predicted molar refractivity (Wildman–Crippen MR) is 108 cm³/mol. The van der Waals surface area contributed by atoms with Crippen LogP contribution in [0.4, 0.5) is 0 Å². The van der Waals surface area contributed by atoms with Crippen molar-refractivity contribution in [2.24, 2.45) is 0 Å². The number of benzene rings is 2. The third-order valence-corrected chi connectivity index (χ3v) is 4.37. The molecule has 140 valence electrons. The molecule has 0 unspecified atom stereocenters. The SMILES string of the molecule is COc1cc(OC=C2CC2)ccc1C(=O)n1ccc(/C=C/c2ccccc2)n1. The number of carbonyl (C=O) groups excluding carboxylic acids is 1. The number of methoxy groups -OCH3 is 1. The van der Waals surface area contributed by atoms with Gasteiger partial charge in [0, 0.05) is 12.3 Å². The first-order valence-corrected chi connectivity index (χ1v) is 9.09. The van der Waals surface area contributed by atoms with Gasteiger partial charge in [-0.15, -0.1) is 0 Å². The lowest BCUT2D eigenvalue weighted by molar-refractivity contribution is 0.0942. The first-order valence-electron chi connectivity index (χ1n) is 9.09. The topological polar surface area (TPSA) is 53.4 Å². The van der Waals surface area contributed by atoms with Crippen LogP contribution in [0.5, 0.6) is 11.5 Å². The molecule has 0 atom stereocenters. The monoisotopic (exact) mass is 372 g/mol. The fraction of sp³-hybridized carbons (Fsp3) is 0.130. The van der Waals surface area contributed by atoms with Crippen molar-refractivity contribution in [3.05, 3.63) is 89.5 Å². The largest absolute Gasteiger partial charge is 0.496 e. The molecule has 1 saturated carbocycles. The summed E-state index contributed by atoms with van der Waals surface area (Å²) in [4.78, 5) is 12.8. The quantitative estimate of drug-likeness (QED) is 0.583. The highest BCUT2D eigenvalue weighted by Crippen LogP contribution is 2.30. The number of allylic oxidation sites excluding steroid dienone is 1. The zero-order valence-corrected chi connectivity index (χ0v) is 15.5. The van der Waals surface area contributed by atoms with Crippen LogP contribution in [0.1, 0.15) is 34.5 Å². The van der Waals surface area contributed by atoms with Gasteiger partial charge in [-0.25, -0.2) is 4.68 Å². The number of hydrogen-bond donors (Lipinski definition) is 0. The third-order valence-electron chi connectivity index (χ3n) is 4.37. The van der Waals surface area contributed by atoms with Crippen molar-refractivity contribution >= 4 is 18.1 Å². The molecular formula is C23H20N2O3. The maximum atomic E-state index is 12.8. The van der Waals surface area contributed by atoms with E-state index < -0.39 is 0 Å². The van der Waals surface area contributed by atoms with Crippen molar-refractivity contribution in [2.45, 2.75) is 12.8 Å². The lowest BCUT2D eigenvalue weighted by atomic mass is 10.2. The number of nitrogens with zero attached hydrogens (tertiary/aromatic N) is 2. The van der Waals surface area contributed by atoms with Crippen LogP contribution in [-0.4, -0.2) is 22.8 Å². The van der Waals surface area contributed by atoms with Crippen molar-refractivity contribution in [1.29, 1.82) is 0 Å². The van der Waals surface area contributed by atoms with E-state index in [4.69, 9.17) is 9.47 Å². The van der Waals surface area contributed by atoms with Crippen LogP contribution in [0.3, 0.4) is 0 Å². The molecule has 2 aromatic carbocycles. The molecule has 1 heterocycles. The van der Waals surface area contributed by atoms with E-state index >= 15 is 0 Å². The standard InChI is InChI=1S/C23H20N2O3/c1-27-22-15-20(28-16-18-7-8-18)11-12-21(22)23(26)25-14-13-19(24-25)10-9-17-5-3-2-4-6-17/h2-6,9-16H,7-8H2,1H3/b10-9+. The Labute approximate surface area is 163 Å². The van der Waals surface area contributed by atoms with Crippen LogP contribution in [0, 0.1) is 0 Å². The fourth-order valence-corrected chi connectivity index (χ4v) is 2.67. The van der Waals surface area contributed by atoms with E-state index in [1.54, 1.807) is 36.7 Å². The number of ether oxygens (including phenoxy) is 2. The summed E-state index contributed by atoms with van der Waals surface area (Å²) in [7, 11) is 1.53. The van der Waals surface area contributed by atoms with E-state index in [2.05, 4.69) is 5.10 Å². The van der Waals surface area contributed by atoms with Gasteiger partial charge in [-0.3, -0.25) is 4.79 Å². The Morgan fingerprint density at radius 3 is 2.64 bits per heavy atom. The number of carbonyl (C=O) groups is 1. The molecule has 28 heavy (non-hydrogen) atoms. The summed E-state index contributed by atoms with van der Waals surface area (Å²) in [6.07, 6.45) is 9.42. The van der Waals surface area contributed by atoms with E-state index in [9.17, 15) is 4.79 Å². The predicted octanol–water partition coefficient (Wildman–Crippen LogP) is 4.81. The molecule has 1 aliphatic carbocycles. The molecular weight excluding hydrogens is 352 g/mol. The molecule has 1 fully saturated rings. The molecule has 5 heteroatoms. The summed E-state index contributed by atoms with van der Waals surface area (Å²) in [6.45, 7) is 0. The highest BCUT2D eigenvalue weighted by molar-refractivity contribution is 5.98. The molecule has 5 nitrogen and oxygen atoms in total. The highest BCUT2D eigenvalue weighted by Gasteiger charge is 2.17. The zero-order chi connectivity index (χ0) is 19.3.